The number of nitrogens with zero attached hydrogens (tertiary/aromatic N) is 6. The Balaban J connectivity index is -0.00000000500. The van der Waals surface area contributed by atoms with E-state index in [1.165, 1.54) is 0 Å². The second-order valence-corrected chi connectivity index (χ2v) is 0. The van der Waals surface area contributed by atoms with Gasteiger partial charge in [0.05, 0.1) is 0 Å². The summed E-state index contributed by atoms with van der Waals surface area (Å²) in [5, 5.41) is 37.5. The Labute approximate surface area is 137 Å². The molecule has 0 unspecified atom stereocenters. The minimum absolute atomic E-state index is 0. The summed E-state index contributed by atoms with van der Waals surface area (Å²) in [4.78, 5) is 0. The van der Waals surface area contributed by atoms with Crippen LogP contribution in [0.2, 0.25) is 0 Å². The summed E-state index contributed by atoms with van der Waals surface area (Å²) in [6, 6.07) is 0. The third kappa shape index (κ3) is 1530. The maximum absolute atomic E-state index is 6.25. The van der Waals surface area contributed by atoms with Crippen LogP contribution in [-0.2, 0) is 19.5 Å². The normalized spacial score (nSPS) is 0.857. The molecule has 0 aliphatic carbocycles. The van der Waals surface area contributed by atoms with Crippen molar-refractivity contribution >= 4 is 48.9 Å². The number of rotatable bonds is 0. The first kappa shape index (κ1) is 73.4. The molecule has 0 aliphatic rings. The van der Waals surface area contributed by atoms with Crippen LogP contribution in [0.1, 0.15) is 0 Å². The smallest absolute Gasteiger partial charge is 0.512 e. The van der Waals surface area contributed by atoms with Crippen molar-refractivity contribution in [3.05, 3.63) is 39.4 Å². The first-order valence-corrected chi connectivity index (χ1v) is 1.34. The Morgan fingerprint density at radius 3 is 0.357 bits per heavy atom. The molecule has 0 fully saturated rings. The summed E-state index contributed by atoms with van der Waals surface area (Å²) >= 11 is 0. The fraction of sp³-hybridized carbons (Fsp3) is 0. The van der Waals surface area contributed by atoms with Crippen LogP contribution in [0.15, 0.2) is 0 Å². The summed E-state index contributed by atoms with van der Waals surface area (Å²) in [6.45, 7) is 28.5. The molecular formula is C6BaN6Ru. The largest absolute Gasteiger partial charge is 4.00 e. The minimum atomic E-state index is 0. The quantitative estimate of drug-likeness (QED) is 0.424. The van der Waals surface area contributed by atoms with E-state index in [4.69, 9.17) is 71.0 Å². The average molecular weight is 395 g/mol. The van der Waals surface area contributed by atoms with Gasteiger partial charge in [0, 0.05) is 0 Å². The van der Waals surface area contributed by atoms with Crippen LogP contribution < -0.4 is 0 Å². The van der Waals surface area contributed by atoms with Crippen LogP contribution in [-0.4, -0.2) is 48.9 Å². The van der Waals surface area contributed by atoms with Gasteiger partial charge in [-0.05, 0) is 0 Å². The molecule has 0 aromatic carbocycles. The van der Waals surface area contributed by atoms with Gasteiger partial charge in [-0.1, -0.05) is 0 Å². The second kappa shape index (κ2) is 2010. The Morgan fingerprint density at radius 1 is 0.357 bits per heavy atom. The monoisotopic (exact) mass is 396 g/mol. The van der Waals surface area contributed by atoms with E-state index in [0.29, 0.717) is 0 Å². The molecule has 14 heavy (non-hydrogen) atoms. The number of hydrogen-bond donors (Lipinski definition) is 0. The molecule has 0 heterocycles. The van der Waals surface area contributed by atoms with E-state index in [9.17, 15) is 0 Å². The van der Waals surface area contributed by atoms with Gasteiger partial charge in [-0.2, -0.15) is 0 Å². The van der Waals surface area contributed by atoms with Crippen molar-refractivity contribution in [2.24, 2.45) is 0 Å². The van der Waals surface area contributed by atoms with Crippen molar-refractivity contribution in [2.75, 3.05) is 0 Å². The van der Waals surface area contributed by atoms with Crippen molar-refractivity contribution in [1.29, 1.82) is 31.6 Å². The van der Waals surface area contributed by atoms with Crippen LogP contribution in [0.3, 0.4) is 0 Å². The van der Waals surface area contributed by atoms with Gasteiger partial charge in [-0.25, -0.2) is 0 Å². The summed E-state index contributed by atoms with van der Waals surface area (Å²) in [6.07, 6.45) is 0. The predicted molar refractivity (Wildman–Crippen MR) is 35.6 cm³/mol. The van der Waals surface area contributed by atoms with Crippen LogP contribution in [0.5, 0.6) is 0 Å². The van der Waals surface area contributed by atoms with Crippen LogP contribution in [0, 0.1) is 71.0 Å². The zero-order chi connectivity index (χ0) is 12.0. The number of hydrogen-bond acceptors (Lipinski definition) is 6. The molecule has 0 rings (SSSR count). The Kier molecular flexibility index (Phi) is 10500. The molecular weight excluding hydrogens is 395 g/mol. The van der Waals surface area contributed by atoms with Crippen molar-refractivity contribution in [1.82, 2.24) is 0 Å². The van der Waals surface area contributed by atoms with Crippen molar-refractivity contribution in [3.8, 4) is 0 Å². The zero-order valence-corrected chi connectivity index (χ0v) is 12.9. The maximum atomic E-state index is 6.25. The van der Waals surface area contributed by atoms with E-state index >= 15 is 0 Å². The van der Waals surface area contributed by atoms with Crippen molar-refractivity contribution < 1.29 is 19.5 Å². The molecule has 0 bridgehead atoms. The van der Waals surface area contributed by atoms with Gasteiger partial charge < -0.3 is 71.0 Å². The van der Waals surface area contributed by atoms with Gasteiger partial charge in [0.15, 0.2) is 0 Å². The second-order valence-electron chi connectivity index (χ2n) is 0. The Morgan fingerprint density at radius 2 is 0.357 bits per heavy atom. The molecule has 0 radical (unpaired) electrons. The maximum Gasteiger partial charge on any atom is 4.00 e. The van der Waals surface area contributed by atoms with E-state index in [1.807, 2.05) is 0 Å². The topological polar surface area (TPSA) is 143 Å². The molecule has 8 heteroatoms. The van der Waals surface area contributed by atoms with Gasteiger partial charge >= 0.3 is 68.4 Å². The van der Waals surface area contributed by atoms with Crippen LogP contribution in [0.4, 0.5) is 0 Å². The van der Waals surface area contributed by atoms with E-state index in [0.717, 1.165) is 0 Å². The fourth-order valence-corrected chi connectivity index (χ4v) is 0. The van der Waals surface area contributed by atoms with E-state index in [-0.39, 0.29) is 68.4 Å². The van der Waals surface area contributed by atoms with Gasteiger partial charge in [0.1, 0.15) is 0 Å². The summed E-state index contributed by atoms with van der Waals surface area (Å²) in [5.74, 6) is 0. The van der Waals surface area contributed by atoms with Crippen molar-refractivity contribution in [2.45, 2.75) is 0 Å². The Hall–Kier alpha value is -0.865. The molecule has 0 aromatic heterocycles. The molecule has 64 valence electrons. The zero-order valence-electron chi connectivity index (χ0n) is 6.74. The third-order valence-electron chi connectivity index (χ3n) is 0. The molecule has 6 nitrogen and oxygen atoms in total. The molecule has 0 atom stereocenters. The van der Waals surface area contributed by atoms with E-state index in [2.05, 4.69) is 0 Å². The van der Waals surface area contributed by atoms with E-state index < -0.39 is 0 Å². The van der Waals surface area contributed by atoms with Gasteiger partial charge in [0.25, 0.3) is 0 Å². The molecule has 0 N–H and O–H groups in total. The Bertz CT molecular complexity index is 97.3. The van der Waals surface area contributed by atoms with Crippen LogP contribution >= 0.6 is 0 Å². The minimum Gasteiger partial charge on any atom is -0.512 e. The standard InChI is InChI=1S/6CN.Ba.Ru/c6*1-2;;/q6*-1;+2;+4. The van der Waals surface area contributed by atoms with Crippen LogP contribution in [0.25, 0.3) is 0 Å². The first-order chi connectivity index (χ1) is 6.00. The first-order valence-electron chi connectivity index (χ1n) is 1.34. The molecule has 0 saturated heterocycles. The summed E-state index contributed by atoms with van der Waals surface area (Å²) in [7, 11) is 0. The SMILES string of the molecule is [Ba+2].[C-]#N.[C-]#N.[C-]#N.[C-]#N.[C-]#N.[C-]#N.[Ru+4]. The van der Waals surface area contributed by atoms with Crippen molar-refractivity contribution in [3.63, 3.8) is 0 Å². The molecule has 0 amide bonds. The van der Waals surface area contributed by atoms with Gasteiger partial charge in [0.2, 0.25) is 0 Å². The molecule has 0 aliphatic heterocycles. The predicted octanol–water partition coefficient (Wildman–Crippen LogP) is 0.195. The summed E-state index contributed by atoms with van der Waals surface area (Å²) < 4.78 is 0. The van der Waals surface area contributed by atoms with Gasteiger partial charge in [-0.15, -0.1) is 0 Å². The molecule has 0 aromatic rings. The summed E-state index contributed by atoms with van der Waals surface area (Å²) in [5.41, 5.74) is 0. The fourth-order valence-electron chi connectivity index (χ4n) is 0. The molecule has 0 spiro atoms. The average Bonchev–Trinajstić information content (AvgIpc) is 2.33. The van der Waals surface area contributed by atoms with E-state index in [1.54, 1.807) is 0 Å². The third-order valence-corrected chi connectivity index (χ3v) is 0. The molecule has 0 saturated carbocycles. The van der Waals surface area contributed by atoms with Gasteiger partial charge in [-0.3, -0.25) is 0 Å².